The molecule has 1 N–H and O–H groups in total. The Balaban J connectivity index is 1.61. The van der Waals surface area contributed by atoms with E-state index in [0.29, 0.717) is 23.6 Å². The van der Waals surface area contributed by atoms with Gasteiger partial charge in [0.25, 0.3) is 5.91 Å². The Kier molecular flexibility index (Phi) is 3.18. The van der Waals surface area contributed by atoms with Gasteiger partial charge in [-0.15, -0.1) is 0 Å². The van der Waals surface area contributed by atoms with Crippen molar-refractivity contribution in [1.29, 1.82) is 0 Å². The van der Waals surface area contributed by atoms with Crippen molar-refractivity contribution in [1.82, 2.24) is 10.5 Å². The number of nitrogens with one attached hydrogen (secondary N) is 1. The van der Waals surface area contributed by atoms with Crippen LogP contribution in [0.25, 0.3) is 0 Å². The number of rotatable bonds is 3. The molecule has 0 aliphatic carbocycles. The Hall–Kier alpha value is -2.30. The standard InChI is InChI=1S/C15H16N2O3/c1-9-14(10(2)20-17-9)15(18)16-8-12-7-11-5-3-4-6-13(11)19-12/h3-6,12H,7-8H2,1-2H3,(H,16,18). The number of amides is 1. The van der Waals surface area contributed by atoms with E-state index in [1.54, 1.807) is 13.8 Å². The molecular formula is C15H16N2O3. The van der Waals surface area contributed by atoms with Crippen molar-refractivity contribution in [2.75, 3.05) is 6.54 Å². The molecule has 2 heterocycles. The van der Waals surface area contributed by atoms with E-state index in [1.807, 2.05) is 24.3 Å². The highest BCUT2D eigenvalue weighted by atomic mass is 16.5. The molecule has 1 aliphatic rings. The van der Waals surface area contributed by atoms with Gasteiger partial charge >= 0.3 is 0 Å². The molecule has 2 aromatic rings. The number of carbonyl (C=O) groups is 1. The van der Waals surface area contributed by atoms with E-state index < -0.39 is 0 Å². The third-order valence-corrected chi connectivity index (χ3v) is 3.46. The van der Waals surface area contributed by atoms with Crippen molar-refractivity contribution in [3.63, 3.8) is 0 Å². The minimum Gasteiger partial charge on any atom is -0.488 e. The van der Waals surface area contributed by atoms with E-state index in [0.717, 1.165) is 12.2 Å². The largest absolute Gasteiger partial charge is 0.488 e. The first-order chi connectivity index (χ1) is 9.65. The third kappa shape index (κ3) is 2.27. The predicted molar refractivity (Wildman–Crippen MR) is 72.9 cm³/mol. The summed E-state index contributed by atoms with van der Waals surface area (Å²) in [6.45, 7) is 3.96. The number of nitrogens with zero attached hydrogens (tertiary/aromatic N) is 1. The lowest BCUT2D eigenvalue weighted by molar-refractivity contribution is 0.0931. The van der Waals surface area contributed by atoms with Crippen molar-refractivity contribution >= 4 is 5.91 Å². The smallest absolute Gasteiger partial charge is 0.256 e. The second kappa shape index (κ2) is 5.00. The van der Waals surface area contributed by atoms with Crippen molar-refractivity contribution < 1.29 is 14.1 Å². The number of aromatic nitrogens is 1. The molecule has 0 saturated heterocycles. The molecule has 0 bridgehead atoms. The van der Waals surface area contributed by atoms with Crippen molar-refractivity contribution in [3.05, 3.63) is 46.8 Å². The van der Waals surface area contributed by atoms with Crippen LogP contribution < -0.4 is 10.1 Å². The number of hydrogen-bond acceptors (Lipinski definition) is 4. The van der Waals surface area contributed by atoms with Crippen molar-refractivity contribution in [3.8, 4) is 5.75 Å². The minimum atomic E-state index is -0.166. The van der Waals surface area contributed by atoms with Gasteiger partial charge in [0, 0.05) is 6.42 Å². The quantitative estimate of drug-likeness (QED) is 0.928. The van der Waals surface area contributed by atoms with E-state index in [4.69, 9.17) is 9.26 Å². The molecule has 5 nitrogen and oxygen atoms in total. The second-order valence-corrected chi connectivity index (χ2v) is 4.96. The molecule has 1 atom stereocenters. The number of fused-ring (bicyclic) bond motifs is 1. The second-order valence-electron chi connectivity index (χ2n) is 4.96. The lowest BCUT2D eigenvalue weighted by atomic mass is 10.1. The lowest BCUT2D eigenvalue weighted by Crippen LogP contribution is -2.34. The average Bonchev–Trinajstić information content (AvgIpc) is 2.99. The zero-order valence-corrected chi connectivity index (χ0v) is 11.5. The SMILES string of the molecule is Cc1noc(C)c1C(=O)NCC1Cc2ccccc2O1. The van der Waals surface area contributed by atoms with Gasteiger partial charge in [-0.05, 0) is 25.5 Å². The van der Waals surface area contributed by atoms with Crippen LogP contribution in [0, 0.1) is 13.8 Å². The molecule has 104 valence electrons. The van der Waals surface area contributed by atoms with E-state index in [2.05, 4.69) is 10.5 Å². The molecule has 1 unspecified atom stereocenters. The summed E-state index contributed by atoms with van der Waals surface area (Å²) < 4.78 is 10.8. The number of ether oxygens (including phenoxy) is 1. The van der Waals surface area contributed by atoms with Crippen molar-refractivity contribution in [2.24, 2.45) is 0 Å². The Morgan fingerprint density at radius 2 is 2.20 bits per heavy atom. The van der Waals surface area contributed by atoms with E-state index in [9.17, 15) is 4.79 Å². The molecule has 1 aromatic heterocycles. The fourth-order valence-corrected chi connectivity index (χ4v) is 2.47. The zero-order chi connectivity index (χ0) is 14.1. The highest BCUT2D eigenvalue weighted by molar-refractivity contribution is 5.96. The molecule has 0 saturated carbocycles. The summed E-state index contributed by atoms with van der Waals surface area (Å²) in [5.74, 6) is 1.28. The molecular weight excluding hydrogens is 256 g/mol. The maximum absolute atomic E-state index is 12.1. The number of aryl methyl sites for hydroxylation is 2. The molecule has 1 aromatic carbocycles. The topological polar surface area (TPSA) is 64.4 Å². The van der Waals surface area contributed by atoms with Crippen LogP contribution in [-0.2, 0) is 6.42 Å². The number of benzene rings is 1. The average molecular weight is 272 g/mol. The third-order valence-electron chi connectivity index (χ3n) is 3.46. The molecule has 1 amide bonds. The first-order valence-electron chi connectivity index (χ1n) is 6.61. The Morgan fingerprint density at radius 1 is 1.40 bits per heavy atom. The van der Waals surface area contributed by atoms with Crippen molar-refractivity contribution in [2.45, 2.75) is 26.4 Å². The zero-order valence-electron chi connectivity index (χ0n) is 11.5. The summed E-state index contributed by atoms with van der Waals surface area (Å²) in [6, 6.07) is 7.94. The van der Waals surface area contributed by atoms with Crippen LogP contribution in [0.15, 0.2) is 28.8 Å². The summed E-state index contributed by atoms with van der Waals surface area (Å²) in [6.07, 6.45) is 0.801. The molecule has 0 fully saturated rings. The highest BCUT2D eigenvalue weighted by Crippen LogP contribution is 2.27. The normalized spacial score (nSPS) is 16.6. The summed E-state index contributed by atoms with van der Waals surface area (Å²) >= 11 is 0. The maximum Gasteiger partial charge on any atom is 0.256 e. The summed E-state index contributed by atoms with van der Waals surface area (Å²) in [5.41, 5.74) is 2.31. The van der Waals surface area contributed by atoms with Crippen LogP contribution in [0.1, 0.15) is 27.4 Å². The molecule has 20 heavy (non-hydrogen) atoms. The molecule has 3 rings (SSSR count). The van der Waals surface area contributed by atoms with Crippen LogP contribution in [0.5, 0.6) is 5.75 Å². The molecule has 1 aliphatic heterocycles. The Morgan fingerprint density at radius 3 is 2.90 bits per heavy atom. The number of hydrogen-bond donors (Lipinski definition) is 1. The lowest BCUT2D eigenvalue weighted by Gasteiger charge is -2.11. The van der Waals surface area contributed by atoms with Crippen LogP contribution in [0.3, 0.4) is 0 Å². The summed E-state index contributed by atoms with van der Waals surface area (Å²) in [4.78, 5) is 12.1. The summed E-state index contributed by atoms with van der Waals surface area (Å²) in [5, 5.41) is 6.66. The van der Waals surface area contributed by atoms with Gasteiger partial charge in [-0.2, -0.15) is 0 Å². The molecule has 0 radical (unpaired) electrons. The van der Waals surface area contributed by atoms with Gasteiger partial charge in [0.2, 0.25) is 0 Å². The van der Waals surface area contributed by atoms with E-state index in [-0.39, 0.29) is 12.0 Å². The van der Waals surface area contributed by atoms with Crippen LogP contribution in [0.4, 0.5) is 0 Å². The minimum absolute atomic E-state index is 0.0168. The van der Waals surface area contributed by atoms with Gasteiger partial charge in [-0.3, -0.25) is 4.79 Å². The summed E-state index contributed by atoms with van der Waals surface area (Å²) in [7, 11) is 0. The van der Waals surface area contributed by atoms with Gasteiger partial charge in [0.1, 0.15) is 23.2 Å². The maximum atomic E-state index is 12.1. The highest BCUT2D eigenvalue weighted by Gasteiger charge is 2.24. The van der Waals surface area contributed by atoms with Gasteiger partial charge in [0.05, 0.1) is 12.2 Å². The Bertz CT molecular complexity index is 604. The molecule has 0 spiro atoms. The number of carbonyl (C=O) groups excluding carboxylic acids is 1. The van der Waals surface area contributed by atoms with Crippen LogP contribution in [0.2, 0.25) is 0 Å². The van der Waals surface area contributed by atoms with Gasteiger partial charge in [-0.25, -0.2) is 0 Å². The van der Waals surface area contributed by atoms with Gasteiger partial charge < -0.3 is 14.6 Å². The Labute approximate surface area is 116 Å². The van der Waals surface area contributed by atoms with Crippen LogP contribution in [-0.4, -0.2) is 23.7 Å². The first kappa shape index (κ1) is 12.7. The van der Waals surface area contributed by atoms with E-state index in [1.165, 1.54) is 5.56 Å². The predicted octanol–water partition coefficient (Wildman–Crippen LogP) is 2.02. The first-order valence-corrected chi connectivity index (χ1v) is 6.61. The molecule has 5 heteroatoms. The van der Waals surface area contributed by atoms with Crippen LogP contribution >= 0.6 is 0 Å². The number of para-hydroxylation sites is 1. The monoisotopic (exact) mass is 272 g/mol. The fourth-order valence-electron chi connectivity index (χ4n) is 2.47. The van der Waals surface area contributed by atoms with Gasteiger partial charge in [-0.1, -0.05) is 23.4 Å². The van der Waals surface area contributed by atoms with Gasteiger partial charge in [0.15, 0.2) is 0 Å². The fraction of sp³-hybridized carbons (Fsp3) is 0.333. The van der Waals surface area contributed by atoms with E-state index >= 15 is 0 Å².